The normalized spacial score (nSPS) is 24.7. The average Bonchev–Trinajstić information content (AvgIpc) is 2.94. The lowest BCUT2D eigenvalue weighted by Gasteiger charge is -2.26. The van der Waals surface area contributed by atoms with E-state index in [4.69, 9.17) is 0 Å². The topological polar surface area (TPSA) is 29.0 Å². The quantitative estimate of drug-likeness (QED) is 0.797. The van der Waals surface area contributed by atoms with Crippen molar-refractivity contribution in [1.29, 1.82) is 0 Å². The van der Waals surface area contributed by atoms with Crippen LogP contribution in [0.3, 0.4) is 0 Å². The number of fused-ring (bicyclic) bond motifs is 1. The van der Waals surface area contributed by atoms with Crippen molar-refractivity contribution in [3.8, 4) is 0 Å². The third kappa shape index (κ3) is 1.85. The number of rotatable bonds is 2. The fourth-order valence-electron chi connectivity index (χ4n) is 2.49. The molecule has 3 heterocycles. The minimum atomic E-state index is 0.551. The van der Waals surface area contributed by atoms with Crippen molar-refractivity contribution >= 4 is 43.3 Å². The number of halogens is 1. The maximum Gasteiger partial charge on any atom is 0.150 e. The SMILES string of the molecule is CC1CCN(c2ncnc3ccsc23)C1CBr. The Balaban J connectivity index is 2.06. The van der Waals surface area contributed by atoms with Crippen LogP contribution in [0.25, 0.3) is 10.2 Å². The maximum absolute atomic E-state index is 4.50. The molecular formula is C12H14BrN3S. The first kappa shape index (κ1) is 11.4. The van der Waals surface area contributed by atoms with Crippen molar-refractivity contribution < 1.29 is 0 Å². The number of thiophene rings is 1. The maximum atomic E-state index is 4.50. The summed E-state index contributed by atoms with van der Waals surface area (Å²) in [6, 6.07) is 2.61. The van der Waals surface area contributed by atoms with Crippen molar-refractivity contribution in [2.75, 3.05) is 16.8 Å². The predicted octanol–water partition coefficient (Wildman–Crippen LogP) is 3.30. The van der Waals surface area contributed by atoms with Crippen LogP contribution in [0.15, 0.2) is 17.8 Å². The molecule has 0 saturated carbocycles. The summed E-state index contributed by atoms with van der Waals surface area (Å²) in [6.45, 7) is 3.42. The second-order valence-corrected chi connectivity index (χ2v) is 6.08. The monoisotopic (exact) mass is 311 g/mol. The zero-order chi connectivity index (χ0) is 11.8. The van der Waals surface area contributed by atoms with Crippen LogP contribution in [-0.4, -0.2) is 27.9 Å². The van der Waals surface area contributed by atoms with E-state index in [1.165, 1.54) is 11.1 Å². The molecule has 2 aromatic rings. The van der Waals surface area contributed by atoms with Gasteiger partial charge in [0.1, 0.15) is 12.1 Å². The molecule has 0 radical (unpaired) electrons. The molecule has 0 spiro atoms. The number of hydrogen-bond acceptors (Lipinski definition) is 4. The van der Waals surface area contributed by atoms with E-state index in [1.807, 2.05) is 0 Å². The van der Waals surface area contributed by atoms with Gasteiger partial charge < -0.3 is 4.90 Å². The smallest absolute Gasteiger partial charge is 0.150 e. The summed E-state index contributed by atoms with van der Waals surface area (Å²) in [4.78, 5) is 11.2. The predicted molar refractivity (Wildman–Crippen MR) is 76.1 cm³/mol. The molecule has 1 aliphatic heterocycles. The second-order valence-electron chi connectivity index (χ2n) is 4.51. The molecule has 0 amide bonds. The van der Waals surface area contributed by atoms with Gasteiger partial charge in [-0.1, -0.05) is 22.9 Å². The first-order chi connectivity index (χ1) is 8.31. The summed E-state index contributed by atoms with van der Waals surface area (Å²) in [5.74, 6) is 1.83. The van der Waals surface area contributed by atoms with E-state index in [0.717, 1.165) is 29.1 Å². The molecule has 5 heteroatoms. The largest absolute Gasteiger partial charge is 0.351 e. The van der Waals surface area contributed by atoms with Crippen LogP contribution >= 0.6 is 27.3 Å². The van der Waals surface area contributed by atoms with Crippen molar-refractivity contribution in [3.63, 3.8) is 0 Å². The van der Waals surface area contributed by atoms with E-state index in [9.17, 15) is 0 Å². The molecule has 1 fully saturated rings. The third-order valence-corrected chi connectivity index (χ3v) is 5.10. The summed E-state index contributed by atoms with van der Waals surface area (Å²) in [5.41, 5.74) is 1.06. The van der Waals surface area contributed by atoms with Gasteiger partial charge in [-0.2, -0.15) is 0 Å². The average molecular weight is 312 g/mol. The third-order valence-electron chi connectivity index (χ3n) is 3.54. The Morgan fingerprint density at radius 2 is 2.41 bits per heavy atom. The molecule has 2 unspecified atom stereocenters. The Bertz CT molecular complexity index is 527. The Morgan fingerprint density at radius 3 is 3.24 bits per heavy atom. The first-order valence-corrected chi connectivity index (χ1v) is 7.82. The van der Waals surface area contributed by atoms with Crippen LogP contribution in [0.5, 0.6) is 0 Å². The van der Waals surface area contributed by atoms with Gasteiger partial charge in [0.05, 0.1) is 10.2 Å². The molecular weight excluding hydrogens is 298 g/mol. The van der Waals surface area contributed by atoms with E-state index in [-0.39, 0.29) is 0 Å². The molecule has 90 valence electrons. The van der Waals surface area contributed by atoms with Crippen LogP contribution in [0.2, 0.25) is 0 Å². The fourth-order valence-corrected chi connectivity index (χ4v) is 4.32. The summed E-state index contributed by atoms with van der Waals surface area (Å²) in [7, 11) is 0. The lowest BCUT2D eigenvalue weighted by Crippen LogP contribution is -2.34. The molecule has 3 nitrogen and oxygen atoms in total. The van der Waals surface area contributed by atoms with Gasteiger partial charge >= 0.3 is 0 Å². The van der Waals surface area contributed by atoms with E-state index >= 15 is 0 Å². The minimum absolute atomic E-state index is 0.551. The van der Waals surface area contributed by atoms with Gasteiger partial charge in [0.2, 0.25) is 0 Å². The molecule has 0 aliphatic carbocycles. The molecule has 0 N–H and O–H groups in total. The number of anilines is 1. The van der Waals surface area contributed by atoms with Gasteiger partial charge in [-0.3, -0.25) is 0 Å². The number of aromatic nitrogens is 2. The Kier molecular flexibility index (Phi) is 3.04. The van der Waals surface area contributed by atoms with Crippen molar-refractivity contribution in [2.45, 2.75) is 19.4 Å². The van der Waals surface area contributed by atoms with E-state index in [1.54, 1.807) is 17.7 Å². The Labute approximate surface area is 113 Å². The summed E-state index contributed by atoms with van der Waals surface area (Å²) < 4.78 is 1.22. The zero-order valence-electron chi connectivity index (χ0n) is 9.64. The summed E-state index contributed by atoms with van der Waals surface area (Å²) >= 11 is 5.36. The molecule has 0 bridgehead atoms. The molecule has 3 rings (SSSR count). The zero-order valence-corrected chi connectivity index (χ0v) is 12.0. The van der Waals surface area contributed by atoms with Crippen LogP contribution in [0.4, 0.5) is 5.82 Å². The number of nitrogens with zero attached hydrogens (tertiary/aromatic N) is 3. The molecule has 2 atom stereocenters. The second kappa shape index (κ2) is 4.53. The van der Waals surface area contributed by atoms with Crippen molar-refractivity contribution in [1.82, 2.24) is 9.97 Å². The first-order valence-electron chi connectivity index (χ1n) is 5.82. The highest BCUT2D eigenvalue weighted by molar-refractivity contribution is 9.09. The van der Waals surface area contributed by atoms with Gasteiger partial charge in [-0.15, -0.1) is 11.3 Å². The Morgan fingerprint density at radius 1 is 1.53 bits per heavy atom. The van der Waals surface area contributed by atoms with Gasteiger partial charge in [0, 0.05) is 17.9 Å². The molecule has 1 aliphatic rings. The highest BCUT2D eigenvalue weighted by Crippen LogP contribution is 2.35. The van der Waals surface area contributed by atoms with Crippen LogP contribution < -0.4 is 4.90 Å². The standard InChI is InChI=1S/C12H14BrN3S/c1-8-2-4-16(10(8)6-13)12-11-9(3-5-17-11)14-7-15-12/h3,5,7-8,10H,2,4,6H2,1H3. The summed E-state index contributed by atoms with van der Waals surface area (Å²) in [6.07, 6.45) is 2.92. The molecule has 0 aromatic carbocycles. The van der Waals surface area contributed by atoms with E-state index in [2.05, 4.69) is 49.2 Å². The fraction of sp³-hybridized carbons (Fsp3) is 0.500. The molecule has 2 aromatic heterocycles. The van der Waals surface area contributed by atoms with Gasteiger partial charge in [-0.25, -0.2) is 9.97 Å². The minimum Gasteiger partial charge on any atom is -0.351 e. The number of alkyl halides is 1. The molecule has 1 saturated heterocycles. The van der Waals surface area contributed by atoms with Crippen molar-refractivity contribution in [3.05, 3.63) is 17.8 Å². The number of hydrogen-bond donors (Lipinski definition) is 0. The van der Waals surface area contributed by atoms with Crippen LogP contribution in [-0.2, 0) is 0 Å². The van der Waals surface area contributed by atoms with Crippen molar-refractivity contribution in [2.24, 2.45) is 5.92 Å². The van der Waals surface area contributed by atoms with E-state index in [0.29, 0.717) is 6.04 Å². The highest BCUT2D eigenvalue weighted by Gasteiger charge is 2.32. The lowest BCUT2D eigenvalue weighted by molar-refractivity contribution is 0.553. The van der Waals surface area contributed by atoms with Crippen LogP contribution in [0.1, 0.15) is 13.3 Å². The summed E-state index contributed by atoms with van der Waals surface area (Å²) in [5, 5.41) is 3.09. The van der Waals surface area contributed by atoms with E-state index < -0.39 is 0 Å². The molecule has 17 heavy (non-hydrogen) atoms. The van der Waals surface area contributed by atoms with Gasteiger partial charge in [0.15, 0.2) is 0 Å². The lowest BCUT2D eigenvalue weighted by atomic mass is 10.1. The van der Waals surface area contributed by atoms with Gasteiger partial charge in [0.25, 0.3) is 0 Å². The van der Waals surface area contributed by atoms with Gasteiger partial charge in [-0.05, 0) is 23.8 Å². The van der Waals surface area contributed by atoms with Crippen LogP contribution in [0, 0.1) is 5.92 Å². The highest BCUT2D eigenvalue weighted by atomic mass is 79.9. The Hall–Kier alpha value is -0.680.